The van der Waals surface area contributed by atoms with E-state index in [1.807, 2.05) is 32.9 Å². The Morgan fingerprint density at radius 3 is 2.78 bits per heavy atom. The maximum Gasteiger partial charge on any atom is 0.230 e. The number of aryl methyl sites for hydroxylation is 1. The van der Waals surface area contributed by atoms with Gasteiger partial charge in [0.25, 0.3) is 0 Å². The number of amides is 1. The van der Waals surface area contributed by atoms with Crippen molar-refractivity contribution in [2.24, 2.45) is 5.92 Å². The first-order chi connectivity index (χ1) is 8.50. The number of nitrogens with two attached hydrogens (primary N) is 1. The summed E-state index contributed by atoms with van der Waals surface area (Å²) in [7, 11) is 0. The van der Waals surface area contributed by atoms with Gasteiger partial charge in [-0.2, -0.15) is 0 Å². The zero-order valence-electron chi connectivity index (χ0n) is 11.1. The van der Waals surface area contributed by atoms with E-state index in [1.54, 1.807) is 0 Å². The van der Waals surface area contributed by atoms with Crippen molar-refractivity contribution in [2.75, 3.05) is 17.7 Å². The van der Waals surface area contributed by atoms with Crippen molar-refractivity contribution in [1.82, 2.24) is 0 Å². The molecule has 2 atom stereocenters. The minimum atomic E-state index is -0.0646. The molecule has 18 heavy (non-hydrogen) atoms. The van der Waals surface area contributed by atoms with Gasteiger partial charge >= 0.3 is 0 Å². The maximum absolute atomic E-state index is 12.2. The van der Waals surface area contributed by atoms with Gasteiger partial charge in [-0.15, -0.1) is 0 Å². The van der Waals surface area contributed by atoms with Gasteiger partial charge in [-0.05, 0) is 44.4 Å². The summed E-state index contributed by atoms with van der Waals surface area (Å²) >= 11 is 0. The standard InChI is InChI=1S/C14H20N2O2/c1-8-4-5-12(15)9(2)13(8)16-14(17)11-6-7-18-10(11)3/h4-5,10-11H,6-7,15H2,1-3H3,(H,16,17). The van der Waals surface area contributed by atoms with Crippen LogP contribution in [0.1, 0.15) is 24.5 Å². The second kappa shape index (κ2) is 4.98. The van der Waals surface area contributed by atoms with Gasteiger partial charge in [0.1, 0.15) is 0 Å². The second-order valence-corrected chi connectivity index (χ2v) is 4.93. The number of anilines is 2. The predicted molar refractivity (Wildman–Crippen MR) is 72.5 cm³/mol. The molecule has 1 fully saturated rings. The minimum Gasteiger partial charge on any atom is -0.398 e. The van der Waals surface area contributed by atoms with Crippen LogP contribution in [0.2, 0.25) is 0 Å². The average molecular weight is 248 g/mol. The third-order valence-electron chi connectivity index (χ3n) is 3.68. The Kier molecular flexibility index (Phi) is 3.57. The number of nitrogen functional groups attached to an aromatic ring is 1. The molecule has 98 valence electrons. The molecule has 4 heteroatoms. The molecule has 2 unspecified atom stereocenters. The van der Waals surface area contributed by atoms with Crippen molar-refractivity contribution in [2.45, 2.75) is 33.3 Å². The van der Waals surface area contributed by atoms with E-state index in [4.69, 9.17) is 10.5 Å². The molecule has 1 aromatic rings. The molecule has 1 aliphatic heterocycles. The molecule has 1 saturated heterocycles. The van der Waals surface area contributed by atoms with Crippen molar-refractivity contribution in [1.29, 1.82) is 0 Å². The van der Waals surface area contributed by atoms with Crippen LogP contribution >= 0.6 is 0 Å². The topological polar surface area (TPSA) is 64.3 Å². The van der Waals surface area contributed by atoms with Crippen LogP contribution in [0.15, 0.2) is 12.1 Å². The van der Waals surface area contributed by atoms with Crippen LogP contribution in [0.5, 0.6) is 0 Å². The van der Waals surface area contributed by atoms with Gasteiger partial charge in [0.15, 0.2) is 0 Å². The summed E-state index contributed by atoms with van der Waals surface area (Å²) in [6.07, 6.45) is 0.777. The van der Waals surface area contributed by atoms with Crippen LogP contribution in [0.25, 0.3) is 0 Å². The molecular formula is C14H20N2O2. The fourth-order valence-electron chi connectivity index (χ4n) is 2.35. The number of carbonyl (C=O) groups is 1. The normalized spacial score (nSPS) is 23.1. The summed E-state index contributed by atoms with van der Waals surface area (Å²) in [6.45, 7) is 6.49. The third-order valence-corrected chi connectivity index (χ3v) is 3.68. The number of rotatable bonds is 2. The van der Waals surface area contributed by atoms with Crippen LogP contribution in [-0.2, 0) is 9.53 Å². The SMILES string of the molecule is Cc1ccc(N)c(C)c1NC(=O)C1CCOC1C. The molecule has 1 amide bonds. The van der Waals surface area contributed by atoms with Gasteiger partial charge in [-0.1, -0.05) is 6.07 Å². The van der Waals surface area contributed by atoms with Crippen LogP contribution in [-0.4, -0.2) is 18.6 Å². The van der Waals surface area contributed by atoms with Crippen molar-refractivity contribution in [3.63, 3.8) is 0 Å². The quantitative estimate of drug-likeness (QED) is 0.789. The third kappa shape index (κ3) is 2.34. The van der Waals surface area contributed by atoms with Gasteiger partial charge in [-0.3, -0.25) is 4.79 Å². The lowest BCUT2D eigenvalue weighted by Crippen LogP contribution is -2.28. The molecule has 0 spiro atoms. The van der Waals surface area contributed by atoms with E-state index in [9.17, 15) is 4.79 Å². The van der Waals surface area contributed by atoms with E-state index in [-0.39, 0.29) is 17.9 Å². The highest BCUT2D eigenvalue weighted by Gasteiger charge is 2.31. The summed E-state index contributed by atoms with van der Waals surface area (Å²) in [5.41, 5.74) is 9.36. The smallest absolute Gasteiger partial charge is 0.230 e. The first-order valence-corrected chi connectivity index (χ1v) is 6.29. The lowest BCUT2D eigenvalue weighted by molar-refractivity contribution is -0.121. The Balaban J connectivity index is 2.19. The molecule has 3 N–H and O–H groups in total. The molecular weight excluding hydrogens is 228 g/mol. The van der Waals surface area contributed by atoms with E-state index in [0.717, 1.165) is 23.2 Å². The largest absolute Gasteiger partial charge is 0.398 e. The molecule has 0 radical (unpaired) electrons. The number of carbonyl (C=O) groups excluding carboxylic acids is 1. The van der Waals surface area contributed by atoms with Crippen LogP contribution < -0.4 is 11.1 Å². The van der Waals surface area contributed by atoms with E-state index in [0.29, 0.717) is 12.3 Å². The molecule has 1 aromatic carbocycles. The Morgan fingerprint density at radius 1 is 1.44 bits per heavy atom. The van der Waals surface area contributed by atoms with Crippen molar-refractivity contribution in [3.05, 3.63) is 23.3 Å². The van der Waals surface area contributed by atoms with Gasteiger partial charge < -0.3 is 15.8 Å². The Hall–Kier alpha value is -1.55. The average Bonchev–Trinajstić information content (AvgIpc) is 2.76. The van der Waals surface area contributed by atoms with Crippen LogP contribution in [0, 0.1) is 19.8 Å². The Morgan fingerprint density at radius 2 is 2.17 bits per heavy atom. The highest BCUT2D eigenvalue weighted by atomic mass is 16.5. The van der Waals surface area contributed by atoms with Crippen LogP contribution in [0.4, 0.5) is 11.4 Å². The molecule has 2 rings (SSSR count). The monoisotopic (exact) mass is 248 g/mol. The summed E-state index contributed by atoms with van der Waals surface area (Å²) < 4.78 is 5.42. The highest BCUT2D eigenvalue weighted by Crippen LogP contribution is 2.28. The van der Waals surface area contributed by atoms with E-state index < -0.39 is 0 Å². The Bertz CT molecular complexity index is 471. The Labute approximate surface area is 108 Å². The summed E-state index contributed by atoms with van der Waals surface area (Å²) in [5.74, 6) is -0.0398. The minimum absolute atomic E-state index is 0.00771. The number of benzene rings is 1. The number of nitrogens with one attached hydrogen (secondary N) is 1. The molecule has 0 aliphatic carbocycles. The molecule has 0 saturated carbocycles. The van der Waals surface area contributed by atoms with E-state index >= 15 is 0 Å². The van der Waals surface area contributed by atoms with Gasteiger partial charge in [0.05, 0.1) is 12.0 Å². The zero-order chi connectivity index (χ0) is 13.3. The molecule has 1 heterocycles. The second-order valence-electron chi connectivity index (χ2n) is 4.93. The maximum atomic E-state index is 12.2. The molecule has 0 bridgehead atoms. The fraction of sp³-hybridized carbons (Fsp3) is 0.500. The van der Waals surface area contributed by atoms with Gasteiger partial charge in [-0.25, -0.2) is 0 Å². The molecule has 1 aliphatic rings. The van der Waals surface area contributed by atoms with Crippen molar-refractivity contribution >= 4 is 17.3 Å². The van der Waals surface area contributed by atoms with Crippen molar-refractivity contribution < 1.29 is 9.53 Å². The molecule has 0 aromatic heterocycles. The van der Waals surface area contributed by atoms with E-state index in [2.05, 4.69) is 5.32 Å². The van der Waals surface area contributed by atoms with Crippen molar-refractivity contribution in [3.8, 4) is 0 Å². The lowest BCUT2D eigenvalue weighted by atomic mass is 10.0. The summed E-state index contributed by atoms with van der Waals surface area (Å²) in [4.78, 5) is 12.2. The van der Waals surface area contributed by atoms with Crippen LogP contribution in [0.3, 0.4) is 0 Å². The lowest BCUT2D eigenvalue weighted by Gasteiger charge is -2.17. The zero-order valence-corrected chi connectivity index (χ0v) is 11.1. The van der Waals surface area contributed by atoms with Gasteiger partial charge in [0, 0.05) is 18.0 Å². The number of hydrogen-bond donors (Lipinski definition) is 2. The van der Waals surface area contributed by atoms with E-state index in [1.165, 1.54) is 0 Å². The number of hydrogen-bond acceptors (Lipinski definition) is 3. The predicted octanol–water partition coefficient (Wildman–Crippen LogP) is 2.25. The summed E-state index contributed by atoms with van der Waals surface area (Å²) in [5, 5.41) is 2.99. The summed E-state index contributed by atoms with van der Waals surface area (Å²) in [6, 6.07) is 3.79. The van der Waals surface area contributed by atoms with Gasteiger partial charge in [0.2, 0.25) is 5.91 Å². The fourth-order valence-corrected chi connectivity index (χ4v) is 2.35. The highest BCUT2D eigenvalue weighted by molar-refractivity contribution is 5.95. The number of ether oxygens (including phenoxy) is 1. The molecule has 4 nitrogen and oxygen atoms in total. The first-order valence-electron chi connectivity index (χ1n) is 6.29. The first kappa shape index (κ1) is 12.9.